The summed E-state index contributed by atoms with van der Waals surface area (Å²) in [7, 11) is 3.56. The second kappa shape index (κ2) is 7.90. The van der Waals surface area contributed by atoms with E-state index in [0.29, 0.717) is 12.5 Å². The van der Waals surface area contributed by atoms with Gasteiger partial charge in [-0.15, -0.1) is 11.3 Å². The molecule has 0 radical (unpaired) electrons. The Morgan fingerprint density at radius 1 is 1.42 bits per heavy atom. The van der Waals surface area contributed by atoms with Gasteiger partial charge in [-0.3, -0.25) is 14.4 Å². The first-order chi connectivity index (χ1) is 11.6. The number of aromatic nitrogens is 3. The Bertz CT molecular complexity index is 652. The number of rotatable bonds is 6. The summed E-state index contributed by atoms with van der Waals surface area (Å²) >= 11 is 1.59. The Hall–Kier alpha value is -1.73. The van der Waals surface area contributed by atoms with Gasteiger partial charge in [-0.1, -0.05) is 6.42 Å². The molecule has 0 spiro atoms. The van der Waals surface area contributed by atoms with Crippen LogP contribution in [0.5, 0.6) is 0 Å². The van der Waals surface area contributed by atoms with Crippen LogP contribution in [0.2, 0.25) is 0 Å². The van der Waals surface area contributed by atoms with Crippen molar-refractivity contribution in [3.05, 3.63) is 34.5 Å². The molecule has 2 aromatic rings. The van der Waals surface area contributed by atoms with E-state index in [9.17, 15) is 4.79 Å². The Morgan fingerprint density at radius 2 is 2.29 bits per heavy atom. The molecule has 1 fully saturated rings. The van der Waals surface area contributed by atoms with Crippen LogP contribution in [0, 0.1) is 0 Å². The molecule has 3 rings (SSSR count). The van der Waals surface area contributed by atoms with Crippen LogP contribution in [-0.2, 0) is 24.3 Å². The maximum absolute atomic E-state index is 11.8. The fourth-order valence-corrected chi connectivity index (χ4v) is 3.87. The molecule has 0 aliphatic carbocycles. The number of nitrogens with zero attached hydrogens (tertiary/aromatic N) is 5. The summed E-state index contributed by atoms with van der Waals surface area (Å²) < 4.78 is 2.02. The van der Waals surface area contributed by atoms with Crippen molar-refractivity contribution >= 4 is 17.2 Å². The first-order valence-electron chi connectivity index (χ1n) is 8.46. The van der Waals surface area contributed by atoms with Crippen LogP contribution in [0.15, 0.2) is 23.8 Å². The molecule has 0 saturated carbocycles. The van der Waals surface area contributed by atoms with Gasteiger partial charge >= 0.3 is 0 Å². The van der Waals surface area contributed by atoms with E-state index in [1.165, 1.54) is 19.3 Å². The number of hydrogen-bond acceptors (Lipinski definition) is 5. The van der Waals surface area contributed by atoms with Gasteiger partial charge in [0.05, 0.1) is 18.7 Å². The van der Waals surface area contributed by atoms with Crippen molar-refractivity contribution in [1.82, 2.24) is 24.6 Å². The average molecular weight is 347 g/mol. The van der Waals surface area contributed by atoms with Crippen LogP contribution in [0.1, 0.15) is 30.0 Å². The van der Waals surface area contributed by atoms with Crippen LogP contribution in [0.3, 0.4) is 0 Å². The van der Waals surface area contributed by atoms with Gasteiger partial charge in [0.2, 0.25) is 5.91 Å². The molecule has 1 atom stereocenters. The molecular weight excluding hydrogens is 322 g/mol. The lowest BCUT2D eigenvalue weighted by Gasteiger charge is -2.35. The van der Waals surface area contributed by atoms with Crippen LogP contribution in [0.25, 0.3) is 0 Å². The van der Waals surface area contributed by atoms with Crippen molar-refractivity contribution in [3.8, 4) is 0 Å². The summed E-state index contributed by atoms with van der Waals surface area (Å²) in [5, 5.41) is 7.34. The summed E-state index contributed by atoms with van der Waals surface area (Å²) in [4.78, 5) is 20.6. The van der Waals surface area contributed by atoms with Crippen molar-refractivity contribution in [1.29, 1.82) is 0 Å². The van der Waals surface area contributed by atoms with Gasteiger partial charge < -0.3 is 4.90 Å². The number of carbonyl (C=O) groups is 1. The number of piperidine rings is 1. The Labute approximate surface area is 147 Å². The molecule has 2 aromatic heterocycles. The van der Waals surface area contributed by atoms with Gasteiger partial charge in [-0.2, -0.15) is 5.10 Å². The van der Waals surface area contributed by atoms with Crippen LogP contribution in [-0.4, -0.2) is 57.2 Å². The molecule has 1 unspecified atom stereocenters. The first kappa shape index (κ1) is 17.1. The van der Waals surface area contributed by atoms with Gasteiger partial charge in [0.1, 0.15) is 5.01 Å². The number of carbonyl (C=O) groups excluding carboxylic acids is 1. The van der Waals surface area contributed by atoms with Gasteiger partial charge in [-0.25, -0.2) is 4.98 Å². The second-order valence-corrected chi connectivity index (χ2v) is 7.49. The third-order valence-corrected chi connectivity index (χ3v) is 5.37. The molecule has 0 N–H and O–H groups in total. The molecule has 0 aromatic carbocycles. The summed E-state index contributed by atoms with van der Waals surface area (Å²) in [6, 6.07) is 2.48. The molecule has 3 heterocycles. The van der Waals surface area contributed by atoms with Crippen molar-refractivity contribution in [2.24, 2.45) is 0 Å². The van der Waals surface area contributed by atoms with E-state index in [1.54, 1.807) is 30.3 Å². The van der Waals surface area contributed by atoms with E-state index >= 15 is 0 Å². The predicted molar refractivity (Wildman–Crippen MR) is 94.8 cm³/mol. The lowest BCUT2D eigenvalue weighted by atomic mass is 10.0. The van der Waals surface area contributed by atoms with Crippen LogP contribution in [0.4, 0.5) is 0 Å². The SMILES string of the molecule is CN(C)C(=O)Cc1nc(CN2CCCCC2Cn2cccn2)cs1. The largest absolute Gasteiger partial charge is 0.348 e. The Kier molecular flexibility index (Phi) is 5.63. The minimum Gasteiger partial charge on any atom is -0.348 e. The summed E-state index contributed by atoms with van der Waals surface area (Å²) in [6.45, 7) is 2.90. The number of likely N-dealkylation sites (tertiary alicyclic amines) is 1. The maximum atomic E-state index is 11.8. The fourth-order valence-electron chi connectivity index (χ4n) is 3.10. The zero-order valence-corrected chi connectivity index (χ0v) is 15.2. The normalized spacial score (nSPS) is 18.7. The quantitative estimate of drug-likeness (QED) is 0.802. The van der Waals surface area contributed by atoms with Gasteiger partial charge in [0.25, 0.3) is 0 Å². The molecule has 1 amide bonds. The molecule has 7 heteroatoms. The fraction of sp³-hybridized carbons (Fsp3) is 0.588. The van der Waals surface area contributed by atoms with E-state index in [2.05, 4.69) is 20.4 Å². The van der Waals surface area contributed by atoms with Crippen LogP contribution < -0.4 is 0 Å². The van der Waals surface area contributed by atoms with Gasteiger partial charge in [0.15, 0.2) is 0 Å². The van der Waals surface area contributed by atoms with Gasteiger partial charge in [0, 0.05) is 44.5 Å². The molecule has 24 heavy (non-hydrogen) atoms. The highest BCUT2D eigenvalue weighted by molar-refractivity contribution is 7.09. The Balaban J connectivity index is 1.61. The van der Waals surface area contributed by atoms with E-state index < -0.39 is 0 Å². The van der Waals surface area contributed by atoms with Crippen molar-refractivity contribution < 1.29 is 4.79 Å². The molecule has 1 saturated heterocycles. The van der Waals surface area contributed by atoms with E-state index in [-0.39, 0.29) is 5.91 Å². The van der Waals surface area contributed by atoms with E-state index in [4.69, 9.17) is 0 Å². The zero-order chi connectivity index (χ0) is 16.9. The third kappa shape index (κ3) is 4.42. The minimum atomic E-state index is 0.102. The molecule has 0 bridgehead atoms. The van der Waals surface area contributed by atoms with Crippen LogP contribution >= 0.6 is 11.3 Å². The number of thiazole rings is 1. The van der Waals surface area contributed by atoms with Crippen molar-refractivity contribution in [2.45, 2.75) is 44.8 Å². The molecular formula is C17H25N5OS. The minimum absolute atomic E-state index is 0.102. The second-order valence-electron chi connectivity index (χ2n) is 6.55. The summed E-state index contributed by atoms with van der Waals surface area (Å²) in [5.74, 6) is 0.102. The molecule has 6 nitrogen and oxygen atoms in total. The highest BCUT2D eigenvalue weighted by atomic mass is 32.1. The summed E-state index contributed by atoms with van der Waals surface area (Å²) in [5.41, 5.74) is 1.08. The van der Waals surface area contributed by atoms with Crippen molar-refractivity contribution in [2.75, 3.05) is 20.6 Å². The monoisotopic (exact) mass is 347 g/mol. The molecule has 130 valence electrons. The first-order valence-corrected chi connectivity index (χ1v) is 9.34. The highest BCUT2D eigenvalue weighted by Crippen LogP contribution is 2.22. The third-order valence-electron chi connectivity index (χ3n) is 4.47. The zero-order valence-electron chi connectivity index (χ0n) is 14.4. The standard InChI is InChI=1S/C17H25N5OS/c1-20(2)17(23)10-16-19-14(13-24-16)11-21-8-4-3-6-15(21)12-22-9-5-7-18-22/h5,7,9,13,15H,3-4,6,8,10-12H2,1-2H3. The average Bonchev–Trinajstić information content (AvgIpc) is 3.21. The number of hydrogen-bond donors (Lipinski definition) is 0. The number of likely N-dealkylation sites (N-methyl/N-ethyl adjacent to an activating group) is 1. The molecule has 1 aliphatic rings. The van der Waals surface area contributed by atoms with Crippen molar-refractivity contribution in [3.63, 3.8) is 0 Å². The smallest absolute Gasteiger partial charge is 0.228 e. The lowest BCUT2D eigenvalue weighted by molar-refractivity contribution is -0.127. The summed E-state index contributed by atoms with van der Waals surface area (Å²) in [6.07, 6.45) is 7.99. The topological polar surface area (TPSA) is 54.3 Å². The molecule has 1 aliphatic heterocycles. The lowest BCUT2D eigenvalue weighted by Crippen LogP contribution is -2.41. The predicted octanol–water partition coefficient (Wildman–Crippen LogP) is 2.02. The van der Waals surface area contributed by atoms with E-state index in [1.807, 2.05) is 23.1 Å². The highest BCUT2D eigenvalue weighted by Gasteiger charge is 2.24. The van der Waals surface area contributed by atoms with Gasteiger partial charge in [-0.05, 0) is 25.5 Å². The maximum Gasteiger partial charge on any atom is 0.228 e. The Morgan fingerprint density at radius 3 is 3.04 bits per heavy atom. The number of amides is 1. The van der Waals surface area contributed by atoms with E-state index in [0.717, 1.165) is 30.3 Å².